The smallest absolute Gasteiger partial charge is 0.331 e. The monoisotopic (exact) mass is 180 g/mol. The van der Waals surface area contributed by atoms with Crippen LogP contribution in [0.25, 0.3) is 0 Å². The first-order chi connectivity index (χ1) is 6.25. The first kappa shape index (κ1) is 7.56. The minimum absolute atomic E-state index is 0.264. The Kier molecular flexibility index (Phi) is 1.37. The highest BCUT2D eigenvalue weighted by molar-refractivity contribution is 5.87. The fourth-order valence-electron chi connectivity index (χ4n) is 3.05. The fraction of sp³-hybridized carbons (Fsp3) is 0.700. The Balaban J connectivity index is 2.00. The molecule has 1 heterocycles. The Morgan fingerprint density at radius 2 is 2.38 bits per heavy atom. The highest BCUT2D eigenvalue weighted by Crippen LogP contribution is 2.49. The molecular weight excluding hydrogens is 168 g/mol. The lowest BCUT2D eigenvalue weighted by molar-refractivity contribution is -0.133. The molecule has 4 aliphatic rings. The highest BCUT2D eigenvalue weighted by atomic mass is 16.5. The number of hydrogen-bond donors (Lipinski definition) is 1. The summed E-state index contributed by atoms with van der Waals surface area (Å²) in [5.41, 5.74) is 0.642. The van der Waals surface area contributed by atoms with Gasteiger partial charge in [-0.05, 0) is 24.7 Å². The predicted molar refractivity (Wildman–Crippen MR) is 45.2 cm³/mol. The molecule has 0 aromatic rings. The number of hydrogen-bond acceptors (Lipinski definition) is 2. The summed E-state index contributed by atoms with van der Waals surface area (Å²) in [4.78, 5) is 10.9. The molecule has 0 radical (unpaired) electrons. The zero-order valence-electron chi connectivity index (χ0n) is 7.27. The van der Waals surface area contributed by atoms with Crippen LogP contribution < -0.4 is 0 Å². The molecule has 70 valence electrons. The number of carboxylic acids is 1. The second-order valence-electron chi connectivity index (χ2n) is 4.30. The second-order valence-corrected chi connectivity index (χ2v) is 4.30. The molecule has 3 heteroatoms. The van der Waals surface area contributed by atoms with Crippen LogP contribution in [0.5, 0.6) is 0 Å². The standard InChI is InChI=1S/C10H12O3/c11-10(12)8-3-7-6-1-5(8)2-9(7)13-4-6/h3,5-7,9H,1-2,4H2,(H,11,12)/t5-,6+,7+,9+/m1/s1. The van der Waals surface area contributed by atoms with E-state index in [1.165, 1.54) is 0 Å². The van der Waals surface area contributed by atoms with E-state index < -0.39 is 5.97 Å². The molecule has 4 bridgehead atoms. The molecule has 4 atom stereocenters. The van der Waals surface area contributed by atoms with Gasteiger partial charge in [-0.1, -0.05) is 6.08 Å². The number of aliphatic carboxylic acids is 1. The Bertz CT molecular complexity index is 281. The van der Waals surface area contributed by atoms with E-state index in [1.807, 2.05) is 6.08 Å². The van der Waals surface area contributed by atoms with Crippen molar-refractivity contribution in [2.45, 2.75) is 18.9 Å². The molecule has 1 saturated carbocycles. The quantitative estimate of drug-likeness (QED) is 0.656. The molecule has 0 unspecified atom stereocenters. The summed E-state index contributed by atoms with van der Waals surface area (Å²) in [7, 11) is 0. The summed E-state index contributed by atoms with van der Waals surface area (Å²) in [5, 5.41) is 8.94. The van der Waals surface area contributed by atoms with Gasteiger partial charge < -0.3 is 9.84 Å². The molecule has 3 nitrogen and oxygen atoms in total. The molecule has 4 rings (SSSR count). The summed E-state index contributed by atoms with van der Waals surface area (Å²) < 4.78 is 5.60. The van der Waals surface area contributed by atoms with Crippen molar-refractivity contribution in [3.63, 3.8) is 0 Å². The molecule has 0 amide bonds. The maximum absolute atomic E-state index is 10.9. The minimum Gasteiger partial charge on any atom is -0.478 e. The third-order valence-corrected chi connectivity index (χ3v) is 3.66. The normalized spacial score (nSPS) is 46.3. The van der Waals surface area contributed by atoms with Crippen LogP contribution in [0.3, 0.4) is 0 Å². The van der Waals surface area contributed by atoms with Gasteiger partial charge in [-0.2, -0.15) is 0 Å². The van der Waals surface area contributed by atoms with Crippen molar-refractivity contribution in [3.05, 3.63) is 11.6 Å². The molecule has 0 spiro atoms. The van der Waals surface area contributed by atoms with E-state index in [9.17, 15) is 4.79 Å². The van der Waals surface area contributed by atoms with Crippen LogP contribution in [0, 0.1) is 17.8 Å². The minimum atomic E-state index is -0.728. The molecule has 2 fully saturated rings. The summed E-state index contributed by atoms with van der Waals surface area (Å²) >= 11 is 0. The van der Waals surface area contributed by atoms with Gasteiger partial charge in [-0.3, -0.25) is 0 Å². The van der Waals surface area contributed by atoms with Gasteiger partial charge in [0.05, 0.1) is 12.7 Å². The summed E-state index contributed by atoms with van der Waals surface area (Å²) in [6, 6.07) is 0. The molecule has 3 aliphatic carbocycles. The maximum atomic E-state index is 10.9. The Labute approximate surface area is 76.4 Å². The van der Waals surface area contributed by atoms with Crippen molar-refractivity contribution < 1.29 is 14.6 Å². The van der Waals surface area contributed by atoms with E-state index >= 15 is 0 Å². The number of ether oxygens (including phenoxy) is 1. The fourth-order valence-corrected chi connectivity index (χ4v) is 3.05. The molecule has 0 aromatic carbocycles. The van der Waals surface area contributed by atoms with Crippen molar-refractivity contribution in [3.8, 4) is 0 Å². The van der Waals surface area contributed by atoms with Crippen LogP contribution >= 0.6 is 0 Å². The molecular formula is C10H12O3. The molecule has 0 aromatic heterocycles. The topological polar surface area (TPSA) is 46.5 Å². The van der Waals surface area contributed by atoms with E-state index in [0.717, 1.165) is 19.4 Å². The summed E-state index contributed by atoms with van der Waals surface area (Å²) in [6.07, 6.45) is 4.23. The average Bonchev–Trinajstić information content (AvgIpc) is 2.40. The molecule has 1 saturated heterocycles. The van der Waals surface area contributed by atoms with Gasteiger partial charge in [0.15, 0.2) is 0 Å². The Hall–Kier alpha value is -0.830. The van der Waals surface area contributed by atoms with Crippen LogP contribution in [0.4, 0.5) is 0 Å². The zero-order chi connectivity index (χ0) is 9.00. The molecule has 1 N–H and O–H groups in total. The van der Waals surface area contributed by atoms with E-state index in [0.29, 0.717) is 23.5 Å². The van der Waals surface area contributed by atoms with Crippen molar-refractivity contribution in [1.82, 2.24) is 0 Å². The highest BCUT2D eigenvalue weighted by Gasteiger charge is 2.48. The van der Waals surface area contributed by atoms with Gasteiger partial charge in [0, 0.05) is 11.5 Å². The van der Waals surface area contributed by atoms with Crippen molar-refractivity contribution in [2.75, 3.05) is 6.61 Å². The lowest BCUT2D eigenvalue weighted by Crippen LogP contribution is -2.37. The van der Waals surface area contributed by atoms with Crippen molar-refractivity contribution >= 4 is 5.97 Å². The first-order valence-electron chi connectivity index (χ1n) is 4.82. The number of carboxylic acid groups (broad SMARTS) is 1. The van der Waals surface area contributed by atoms with Gasteiger partial charge in [0.1, 0.15) is 0 Å². The van der Waals surface area contributed by atoms with E-state index in [1.54, 1.807) is 0 Å². The van der Waals surface area contributed by atoms with E-state index in [2.05, 4.69) is 0 Å². The van der Waals surface area contributed by atoms with Gasteiger partial charge in [-0.15, -0.1) is 0 Å². The zero-order valence-corrected chi connectivity index (χ0v) is 7.27. The van der Waals surface area contributed by atoms with Crippen LogP contribution in [-0.4, -0.2) is 23.8 Å². The van der Waals surface area contributed by atoms with Crippen molar-refractivity contribution in [2.24, 2.45) is 17.8 Å². The maximum Gasteiger partial charge on any atom is 0.331 e. The van der Waals surface area contributed by atoms with E-state index in [-0.39, 0.29) is 5.92 Å². The Morgan fingerprint density at radius 3 is 3.00 bits per heavy atom. The van der Waals surface area contributed by atoms with Crippen LogP contribution in [0.15, 0.2) is 11.6 Å². The molecule has 1 aliphatic heterocycles. The third kappa shape index (κ3) is 0.908. The summed E-state index contributed by atoms with van der Waals surface area (Å²) in [6.45, 7) is 0.842. The Morgan fingerprint density at radius 1 is 1.54 bits per heavy atom. The van der Waals surface area contributed by atoms with Crippen molar-refractivity contribution in [1.29, 1.82) is 0 Å². The average molecular weight is 180 g/mol. The predicted octanol–water partition coefficient (Wildman–Crippen LogP) is 1.05. The third-order valence-electron chi connectivity index (χ3n) is 3.66. The van der Waals surface area contributed by atoms with Gasteiger partial charge in [0.2, 0.25) is 0 Å². The van der Waals surface area contributed by atoms with E-state index in [4.69, 9.17) is 9.84 Å². The number of rotatable bonds is 1. The molecule has 13 heavy (non-hydrogen) atoms. The SMILES string of the molecule is O=C(O)C1=C[C@H]2[C@@H]3CO[C@H]2C[C@H]1C3. The van der Waals surface area contributed by atoms with Gasteiger partial charge >= 0.3 is 5.97 Å². The van der Waals surface area contributed by atoms with Crippen LogP contribution in [0.1, 0.15) is 12.8 Å². The summed E-state index contributed by atoms with van der Waals surface area (Å²) in [5.74, 6) is 0.539. The second kappa shape index (κ2) is 2.35. The number of carbonyl (C=O) groups is 1. The lowest BCUT2D eigenvalue weighted by atomic mass is 9.66. The van der Waals surface area contributed by atoms with Gasteiger partial charge in [-0.25, -0.2) is 4.79 Å². The lowest BCUT2D eigenvalue weighted by Gasteiger charge is -2.37. The first-order valence-corrected chi connectivity index (χ1v) is 4.82. The van der Waals surface area contributed by atoms with Crippen LogP contribution in [0.2, 0.25) is 0 Å². The van der Waals surface area contributed by atoms with Gasteiger partial charge in [0.25, 0.3) is 0 Å². The largest absolute Gasteiger partial charge is 0.478 e. The van der Waals surface area contributed by atoms with Crippen LogP contribution in [-0.2, 0) is 9.53 Å².